The number of halogens is 2. The molecule has 1 saturated carbocycles. The van der Waals surface area contributed by atoms with E-state index in [-0.39, 0.29) is 24.8 Å². The average molecular weight is 328 g/mol. The largest absolute Gasteiger partial charge is 0.361 e. The topological polar surface area (TPSA) is 31.1 Å². The van der Waals surface area contributed by atoms with E-state index in [1.54, 1.807) is 0 Å². The minimum absolute atomic E-state index is 0. The van der Waals surface area contributed by atoms with Gasteiger partial charge in [0.25, 0.3) is 0 Å². The molecule has 1 atom stereocenters. The lowest BCUT2D eigenvalue weighted by molar-refractivity contribution is 0.157. The maximum absolute atomic E-state index is 3.46. The standard InChI is InChI=1S/C16H21N3.2ClH/c1-2-14(13-6-7-18-15(13)3-1)16(12-4-5-12)19-10-8-17-9-11-19;;/h1-3,6-7,12,16-18H,4-5,8-11H2;2*1H/t16-;;/m0../s1. The Balaban J connectivity index is 0.000000807. The van der Waals surface area contributed by atoms with Gasteiger partial charge in [-0.25, -0.2) is 0 Å². The van der Waals surface area contributed by atoms with Crippen LogP contribution in [0.15, 0.2) is 30.5 Å². The summed E-state index contributed by atoms with van der Waals surface area (Å²) in [5.74, 6) is 0.874. The molecule has 1 aliphatic carbocycles. The predicted octanol–water partition coefficient (Wildman–Crippen LogP) is 3.37. The van der Waals surface area contributed by atoms with E-state index >= 15 is 0 Å². The smallest absolute Gasteiger partial charge is 0.0457 e. The molecule has 21 heavy (non-hydrogen) atoms. The molecule has 5 heteroatoms. The second-order valence-corrected chi connectivity index (χ2v) is 5.85. The second kappa shape index (κ2) is 7.01. The lowest BCUT2D eigenvalue weighted by Gasteiger charge is -2.35. The summed E-state index contributed by atoms with van der Waals surface area (Å²) < 4.78 is 0. The number of aromatic nitrogens is 1. The zero-order valence-corrected chi connectivity index (χ0v) is 13.7. The van der Waals surface area contributed by atoms with Gasteiger partial charge in [0.05, 0.1) is 0 Å². The molecule has 0 radical (unpaired) electrons. The molecule has 1 aliphatic heterocycles. The molecule has 2 aliphatic rings. The van der Waals surface area contributed by atoms with Gasteiger partial charge in [0.1, 0.15) is 0 Å². The molecule has 2 heterocycles. The summed E-state index contributed by atoms with van der Waals surface area (Å²) in [6.45, 7) is 4.63. The average Bonchev–Trinajstić information content (AvgIpc) is 3.17. The quantitative estimate of drug-likeness (QED) is 0.905. The Morgan fingerprint density at radius 2 is 1.81 bits per heavy atom. The van der Waals surface area contributed by atoms with Gasteiger partial charge in [-0.05, 0) is 36.5 Å². The first-order valence-electron chi connectivity index (χ1n) is 7.44. The van der Waals surface area contributed by atoms with Crippen LogP contribution in [0.25, 0.3) is 10.9 Å². The molecule has 0 spiro atoms. The number of fused-ring (bicyclic) bond motifs is 1. The van der Waals surface area contributed by atoms with E-state index in [2.05, 4.69) is 45.7 Å². The third kappa shape index (κ3) is 3.21. The minimum atomic E-state index is 0. The number of piperazine rings is 1. The highest BCUT2D eigenvalue weighted by Gasteiger charge is 2.37. The van der Waals surface area contributed by atoms with Crippen molar-refractivity contribution in [2.24, 2.45) is 5.92 Å². The Hall–Kier alpha value is -0.740. The molecule has 1 saturated heterocycles. The van der Waals surface area contributed by atoms with Crippen molar-refractivity contribution in [2.45, 2.75) is 18.9 Å². The number of H-pyrrole nitrogens is 1. The molecule has 0 amide bonds. The number of nitrogens with zero attached hydrogens (tertiary/aromatic N) is 1. The highest BCUT2D eigenvalue weighted by molar-refractivity contribution is 5.85. The molecule has 0 unspecified atom stereocenters. The van der Waals surface area contributed by atoms with Gasteiger partial charge in [0.2, 0.25) is 0 Å². The van der Waals surface area contributed by atoms with E-state index in [4.69, 9.17) is 0 Å². The summed E-state index contributed by atoms with van der Waals surface area (Å²) in [6.07, 6.45) is 4.86. The predicted molar refractivity (Wildman–Crippen MR) is 92.7 cm³/mol. The summed E-state index contributed by atoms with van der Waals surface area (Å²) in [6, 6.07) is 9.58. The molecule has 2 fully saturated rings. The number of hydrogen-bond acceptors (Lipinski definition) is 2. The number of rotatable bonds is 3. The summed E-state index contributed by atoms with van der Waals surface area (Å²) in [7, 11) is 0. The van der Waals surface area contributed by atoms with Crippen LogP contribution in [0.3, 0.4) is 0 Å². The molecule has 2 aromatic rings. The van der Waals surface area contributed by atoms with Crippen molar-refractivity contribution < 1.29 is 0 Å². The van der Waals surface area contributed by atoms with E-state index in [1.807, 2.05) is 0 Å². The van der Waals surface area contributed by atoms with Crippen LogP contribution in [-0.2, 0) is 0 Å². The Morgan fingerprint density at radius 3 is 2.52 bits per heavy atom. The van der Waals surface area contributed by atoms with Crippen molar-refractivity contribution in [1.82, 2.24) is 15.2 Å². The van der Waals surface area contributed by atoms with Gasteiger partial charge in [0, 0.05) is 49.3 Å². The lowest BCUT2D eigenvalue weighted by Crippen LogP contribution is -2.45. The molecule has 1 aromatic heterocycles. The lowest BCUT2D eigenvalue weighted by atomic mass is 9.96. The van der Waals surface area contributed by atoms with Crippen LogP contribution in [0, 0.1) is 5.92 Å². The zero-order valence-electron chi connectivity index (χ0n) is 12.0. The van der Waals surface area contributed by atoms with Crippen LogP contribution in [0.1, 0.15) is 24.4 Å². The van der Waals surface area contributed by atoms with Crippen LogP contribution in [0.4, 0.5) is 0 Å². The van der Waals surface area contributed by atoms with Gasteiger partial charge in [0.15, 0.2) is 0 Å². The fraction of sp³-hybridized carbons (Fsp3) is 0.500. The van der Waals surface area contributed by atoms with E-state index in [9.17, 15) is 0 Å². The Kier molecular flexibility index (Phi) is 5.55. The molecular weight excluding hydrogens is 305 g/mol. The molecule has 1 aromatic carbocycles. The van der Waals surface area contributed by atoms with Gasteiger partial charge < -0.3 is 10.3 Å². The molecular formula is C16H23Cl2N3. The van der Waals surface area contributed by atoms with E-state index < -0.39 is 0 Å². The highest BCUT2D eigenvalue weighted by atomic mass is 35.5. The number of hydrogen-bond donors (Lipinski definition) is 2. The van der Waals surface area contributed by atoms with Crippen molar-refractivity contribution in [3.63, 3.8) is 0 Å². The van der Waals surface area contributed by atoms with Crippen LogP contribution in [0.2, 0.25) is 0 Å². The first-order valence-corrected chi connectivity index (χ1v) is 7.44. The van der Waals surface area contributed by atoms with Crippen LogP contribution < -0.4 is 5.32 Å². The number of benzene rings is 1. The van der Waals surface area contributed by atoms with Crippen LogP contribution in [-0.4, -0.2) is 36.1 Å². The Morgan fingerprint density at radius 1 is 1.05 bits per heavy atom. The monoisotopic (exact) mass is 327 g/mol. The van der Waals surface area contributed by atoms with E-state index in [0.717, 1.165) is 19.0 Å². The highest BCUT2D eigenvalue weighted by Crippen LogP contribution is 2.46. The van der Waals surface area contributed by atoms with Crippen molar-refractivity contribution in [2.75, 3.05) is 26.2 Å². The fourth-order valence-electron chi connectivity index (χ4n) is 3.49. The van der Waals surface area contributed by atoms with Crippen molar-refractivity contribution in [3.05, 3.63) is 36.0 Å². The summed E-state index contributed by atoms with van der Waals surface area (Å²) in [5.41, 5.74) is 2.81. The first kappa shape index (κ1) is 16.6. The van der Waals surface area contributed by atoms with Crippen molar-refractivity contribution in [3.8, 4) is 0 Å². The van der Waals surface area contributed by atoms with E-state index in [0.29, 0.717) is 6.04 Å². The SMILES string of the molecule is Cl.Cl.c1cc([C@H](C2CC2)N2CCNCC2)c2cc[nH]c2c1. The minimum Gasteiger partial charge on any atom is -0.361 e. The summed E-state index contributed by atoms with van der Waals surface area (Å²) in [4.78, 5) is 6.04. The van der Waals surface area contributed by atoms with E-state index in [1.165, 1.54) is 42.4 Å². The van der Waals surface area contributed by atoms with Gasteiger partial charge in [-0.3, -0.25) is 4.90 Å². The molecule has 2 N–H and O–H groups in total. The van der Waals surface area contributed by atoms with Crippen LogP contribution in [0.5, 0.6) is 0 Å². The Labute approximate surface area is 138 Å². The molecule has 3 nitrogen and oxygen atoms in total. The van der Waals surface area contributed by atoms with Crippen LogP contribution >= 0.6 is 24.8 Å². The second-order valence-electron chi connectivity index (χ2n) is 5.85. The molecule has 116 valence electrons. The van der Waals surface area contributed by atoms with Gasteiger partial charge in [-0.1, -0.05) is 12.1 Å². The maximum atomic E-state index is 3.46. The third-order valence-electron chi connectivity index (χ3n) is 4.56. The number of nitrogens with one attached hydrogen (secondary N) is 2. The first-order chi connectivity index (χ1) is 9.43. The van der Waals surface area contributed by atoms with Gasteiger partial charge in [-0.15, -0.1) is 24.8 Å². The van der Waals surface area contributed by atoms with Crippen molar-refractivity contribution in [1.29, 1.82) is 0 Å². The third-order valence-corrected chi connectivity index (χ3v) is 4.56. The Bertz CT molecular complexity index is 574. The zero-order chi connectivity index (χ0) is 12.7. The maximum Gasteiger partial charge on any atom is 0.0457 e. The number of aromatic amines is 1. The molecule has 0 bridgehead atoms. The molecule has 4 rings (SSSR count). The van der Waals surface area contributed by atoms with Gasteiger partial charge in [-0.2, -0.15) is 0 Å². The van der Waals surface area contributed by atoms with Gasteiger partial charge >= 0.3 is 0 Å². The normalized spacial score (nSPS) is 20.6. The fourth-order valence-corrected chi connectivity index (χ4v) is 3.49. The van der Waals surface area contributed by atoms with Crippen molar-refractivity contribution >= 4 is 35.7 Å². The summed E-state index contributed by atoms with van der Waals surface area (Å²) >= 11 is 0. The summed E-state index contributed by atoms with van der Waals surface area (Å²) in [5, 5.41) is 4.88.